The number of rotatable bonds is 11. The number of hydrogen-bond acceptors (Lipinski definition) is 4. The van der Waals surface area contributed by atoms with Crippen LogP contribution in [0.1, 0.15) is 39.2 Å². The molecular weight excluding hydrogens is 462 g/mol. The van der Waals surface area contributed by atoms with Crippen LogP contribution < -0.4 is 9.62 Å². The van der Waals surface area contributed by atoms with Gasteiger partial charge in [0.05, 0.1) is 11.9 Å². The Morgan fingerprint density at radius 3 is 2.15 bits per heavy atom. The number of anilines is 1. The summed E-state index contributed by atoms with van der Waals surface area (Å²) in [6.45, 7) is 5.86. The molecule has 0 bridgehead atoms. The van der Waals surface area contributed by atoms with E-state index in [0.717, 1.165) is 11.8 Å². The summed E-state index contributed by atoms with van der Waals surface area (Å²) < 4.78 is 25.9. The molecule has 0 spiro atoms. The number of halogens is 1. The molecule has 0 aromatic heterocycles. The van der Waals surface area contributed by atoms with Crippen molar-refractivity contribution in [1.29, 1.82) is 0 Å². The number of carbonyl (C=O) groups excluding carboxylic acids is 2. The minimum Gasteiger partial charge on any atom is -0.352 e. The third kappa shape index (κ3) is 8.37. The van der Waals surface area contributed by atoms with Crippen molar-refractivity contribution in [2.24, 2.45) is 0 Å². The first kappa shape index (κ1) is 26.7. The molecule has 2 aromatic carbocycles. The third-order valence-corrected chi connectivity index (χ3v) is 6.51. The maximum atomic E-state index is 13.2. The predicted molar refractivity (Wildman–Crippen MR) is 133 cm³/mol. The number of hydrogen-bond donors (Lipinski definition) is 1. The van der Waals surface area contributed by atoms with E-state index in [0.29, 0.717) is 23.7 Å². The second-order valence-corrected chi connectivity index (χ2v) is 10.6. The maximum Gasteiger partial charge on any atom is 0.242 e. The van der Waals surface area contributed by atoms with Gasteiger partial charge in [-0.3, -0.25) is 13.9 Å². The lowest BCUT2D eigenvalue weighted by molar-refractivity contribution is -0.140. The first-order chi connectivity index (χ1) is 15.5. The minimum atomic E-state index is -3.54. The summed E-state index contributed by atoms with van der Waals surface area (Å²) in [6, 6.07) is 15.3. The van der Waals surface area contributed by atoms with Gasteiger partial charge in [-0.15, -0.1) is 0 Å². The van der Waals surface area contributed by atoms with Crippen LogP contribution in [-0.4, -0.2) is 50.0 Å². The second kappa shape index (κ2) is 12.0. The van der Waals surface area contributed by atoms with E-state index in [1.165, 1.54) is 4.31 Å². The zero-order valence-electron chi connectivity index (χ0n) is 19.5. The van der Waals surface area contributed by atoms with Crippen LogP contribution in [0.25, 0.3) is 0 Å². The fourth-order valence-electron chi connectivity index (χ4n) is 3.38. The van der Waals surface area contributed by atoms with E-state index < -0.39 is 16.1 Å². The van der Waals surface area contributed by atoms with Crippen molar-refractivity contribution in [3.8, 4) is 0 Å². The highest BCUT2D eigenvalue weighted by atomic mass is 35.5. The van der Waals surface area contributed by atoms with Gasteiger partial charge < -0.3 is 10.2 Å². The molecule has 0 saturated carbocycles. The molecule has 2 rings (SSSR count). The Hall–Kier alpha value is -2.58. The highest BCUT2D eigenvalue weighted by Gasteiger charge is 2.27. The Bertz CT molecular complexity index is 1030. The molecule has 0 fully saturated rings. The molecule has 180 valence electrons. The Morgan fingerprint density at radius 2 is 1.61 bits per heavy atom. The molecule has 0 aliphatic carbocycles. The Labute approximate surface area is 201 Å². The van der Waals surface area contributed by atoms with E-state index in [9.17, 15) is 18.0 Å². The van der Waals surface area contributed by atoms with Crippen molar-refractivity contribution in [3.63, 3.8) is 0 Å². The average Bonchev–Trinajstić information content (AvgIpc) is 2.74. The molecule has 33 heavy (non-hydrogen) atoms. The second-order valence-electron chi connectivity index (χ2n) is 8.26. The number of benzene rings is 2. The summed E-state index contributed by atoms with van der Waals surface area (Å²) in [6.07, 6.45) is 1.54. The first-order valence-corrected chi connectivity index (χ1v) is 13.1. The molecule has 1 N–H and O–H groups in total. The predicted octanol–water partition coefficient (Wildman–Crippen LogP) is 3.83. The van der Waals surface area contributed by atoms with Crippen molar-refractivity contribution < 1.29 is 18.0 Å². The molecule has 2 aromatic rings. The van der Waals surface area contributed by atoms with E-state index in [2.05, 4.69) is 5.32 Å². The van der Waals surface area contributed by atoms with Gasteiger partial charge in [-0.2, -0.15) is 0 Å². The van der Waals surface area contributed by atoms with Gasteiger partial charge in [0, 0.05) is 30.6 Å². The average molecular weight is 494 g/mol. The van der Waals surface area contributed by atoms with Gasteiger partial charge in [-0.1, -0.05) is 41.9 Å². The summed E-state index contributed by atoms with van der Waals surface area (Å²) in [7, 11) is -3.54. The number of carbonyl (C=O) groups is 2. The molecule has 9 heteroatoms. The van der Waals surface area contributed by atoms with Gasteiger partial charge in [0.15, 0.2) is 0 Å². The molecule has 1 unspecified atom stereocenters. The molecule has 2 amide bonds. The lowest BCUT2D eigenvalue weighted by atomic mass is 10.1. The number of nitrogens with one attached hydrogen (secondary N) is 1. The standard InChI is InChI=1S/C24H32ClN3O4S/c1-18(2)26-24(30)19(3)27(17-20-9-6-5-7-10-20)23(29)11-8-16-28(33(4,31)32)22-14-12-21(25)13-15-22/h5-7,9-10,12-15,18-19H,8,11,16-17H2,1-4H3,(H,26,30). The lowest BCUT2D eigenvalue weighted by Gasteiger charge is -2.30. The summed E-state index contributed by atoms with van der Waals surface area (Å²) in [5.41, 5.74) is 1.40. The third-order valence-electron chi connectivity index (χ3n) is 5.06. The van der Waals surface area contributed by atoms with Crippen LogP contribution in [0, 0.1) is 0 Å². The Balaban J connectivity index is 2.13. The highest BCUT2D eigenvalue weighted by molar-refractivity contribution is 7.92. The molecule has 0 aliphatic rings. The van der Waals surface area contributed by atoms with Gasteiger partial charge in [0.2, 0.25) is 21.8 Å². The van der Waals surface area contributed by atoms with E-state index in [-0.39, 0.29) is 30.8 Å². The van der Waals surface area contributed by atoms with Crippen LogP contribution in [0.15, 0.2) is 54.6 Å². The molecule has 1 atom stereocenters. The van der Waals surface area contributed by atoms with Gasteiger partial charge >= 0.3 is 0 Å². The van der Waals surface area contributed by atoms with Crippen LogP contribution >= 0.6 is 11.6 Å². The van der Waals surface area contributed by atoms with E-state index in [1.807, 2.05) is 44.2 Å². The Kier molecular flexibility index (Phi) is 9.73. The fourth-order valence-corrected chi connectivity index (χ4v) is 4.47. The highest BCUT2D eigenvalue weighted by Crippen LogP contribution is 2.21. The SMILES string of the molecule is CC(C)NC(=O)C(C)N(Cc1ccccc1)C(=O)CCCN(c1ccc(Cl)cc1)S(C)(=O)=O. The topological polar surface area (TPSA) is 86.8 Å². The van der Waals surface area contributed by atoms with Crippen molar-refractivity contribution in [2.75, 3.05) is 17.1 Å². The van der Waals surface area contributed by atoms with Crippen molar-refractivity contribution in [2.45, 2.75) is 52.2 Å². The first-order valence-electron chi connectivity index (χ1n) is 10.9. The normalized spacial score (nSPS) is 12.3. The lowest BCUT2D eigenvalue weighted by Crippen LogP contribution is -2.49. The largest absolute Gasteiger partial charge is 0.352 e. The maximum absolute atomic E-state index is 13.2. The van der Waals surface area contributed by atoms with Crippen molar-refractivity contribution >= 4 is 39.1 Å². The summed E-state index contributed by atoms with van der Waals surface area (Å²) in [5.74, 6) is -0.442. The summed E-state index contributed by atoms with van der Waals surface area (Å²) >= 11 is 5.91. The van der Waals surface area contributed by atoms with E-state index in [1.54, 1.807) is 36.1 Å². The molecular formula is C24H32ClN3O4S. The summed E-state index contributed by atoms with van der Waals surface area (Å²) in [4.78, 5) is 27.3. The van der Waals surface area contributed by atoms with Gasteiger partial charge in [0.25, 0.3) is 0 Å². The molecule has 0 saturated heterocycles. The number of amides is 2. The molecule has 0 radical (unpaired) electrons. The minimum absolute atomic E-state index is 0.0451. The van der Waals surface area contributed by atoms with Crippen LogP contribution in [-0.2, 0) is 26.2 Å². The fraction of sp³-hybridized carbons (Fsp3) is 0.417. The van der Waals surface area contributed by atoms with Gasteiger partial charge in [-0.25, -0.2) is 8.42 Å². The zero-order valence-corrected chi connectivity index (χ0v) is 21.1. The number of sulfonamides is 1. The molecule has 0 aliphatic heterocycles. The smallest absolute Gasteiger partial charge is 0.242 e. The molecule has 0 heterocycles. The van der Waals surface area contributed by atoms with Crippen molar-refractivity contribution in [1.82, 2.24) is 10.2 Å². The van der Waals surface area contributed by atoms with E-state index in [4.69, 9.17) is 11.6 Å². The quantitative estimate of drug-likeness (QED) is 0.515. The monoisotopic (exact) mass is 493 g/mol. The Morgan fingerprint density at radius 1 is 1.00 bits per heavy atom. The van der Waals surface area contributed by atoms with Gasteiger partial charge in [0.1, 0.15) is 6.04 Å². The van der Waals surface area contributed by atoms with Crippen LogP contribution in [0.2, 0.25) is 5.02 Å². The van der Waals surface area contributed by atoms with Crippen molar-refractivity contribution in [3.05, 3.63) is 65.2 Å². The van der Waals surface area contributed by atoms with E-state index >= 15 is 0 Å². The molecule has 7 nitrogen and oxygen atoms in total. The van der Waals surface area contributed by atoms with Gasteiger partial charge in [-0.05, 0) is 57.0 Å². The number of nitrogens with zero attached hydrogens (tertiary/aromatic N) is 2. The van der Waals surface area contributed by atoms with Crippen LogP contribution in [0.3, 0.4) is 0 Å². The summed E-state index contributed by atoms with van der Waals surface area (Å²) in [5, 5.41) is 3.36. The van der Waals surface area contributed by atoms with Crippen LogP contribution in [0.5, 0.6) is 0 Å². The zero-order chi connectivity index (χ0) is 24.6. The van der Waals surface area contributed by atoms with Crippen LogP contribution in [0.4, 0.5) is 5.69 Å².